The van der Waals surface area contributed by atoms with E-state index in [4.69, 9.17) is 0 Å². The maximum atomic E-state index is 12.5. The molecule has 0 aromatic heterocycles. The average Bonchev–Trinajstić information content (AvgIpc) is 2.76. The van der Waals surface area contributed by atoms with E-state index in [0.29, 0.717) is 13.0 Å². The molecule has 2 atom stereocenters. The molecule has 112 valence electrons. The van der Waals surface area contributed by atoms with Gasteiger partial charge in [0.1, 0.15) is 0 Å². The van der Waals surface area contributed by atoms with Crippen molar-refractivity contribution >= 4 is 11.8 Å². The zero-order valence-corrected chi connectivity index (χ0v) is 12.0. The Labute approximate surface area is 121 Å². The Hall–Kier alpha value is -0.720. The maximum Gasteiger partial charge on any atom is 0.416 e. The molecule has 2 rings (SSSR count). The molecule has 1 heterocycles. The smallest absolute Gasteiger partial charge is 0.392 e. The second-order valence-corrected chi connectivity index (χ2v) is 6.00. The van der Waals surface area contributed by atoms with Crippen molar-refractivity contribution in [2.45, 2.75) is 24.7 Å². The number of aliphatic hydroxyl groups excluding tert-OH is 1. The molecule has 0 amide bonds. The van der Waals surface area contributed by atoms with E-state index in [1.165, 1.54) is 12.1 Å². The van der Waals surface area contributed by atoms with Crippen LogP contribution in [0.25, 0.3) is 0 Å². The first-order valence-electron chi connectivity index (χ1n) is 6.50. The SMILES string of the molecule is CSCCN1C[C@H](O)C[C@H]1c1ccc(C(F)(F)F)cc1. The van der Waals surface area contributed by atoms with Gasteiger partial charge in [0.05, 0.1) is 11.7 Å². The van der Waals surface area contributed by atoms with Gasteiger partial charge in [-0.05, 0) is 30.4 Å². The lowest BCUT2D eigenvalue weighted by atomic mass is 10.0. The number of nitrogens with zero attached hydrogens (tertiary/aromatic N) is 1. The standard InChI is InChI=1S/C14H18F3NOS/c1-20-7-6-18-9-12(19)8-13(18)10-2-4-11(5-3-10)14(15,16)17/h2-5,12-13,19H,6-9H2,1H3/t12-,13+/m1/s1. The van der Waals surface area contributed by atoms with Gasteiger partial charge in [0.2, 0.25) is 0 Å². The molecule has 1 aromatic rings. The molecule has 0 saturated carbocycles. The lowest BCUT2D eigenvalue weighted by Crippen LogP contribution is -2.27. The number of benzene rings is 1. The van der Waals surface area contributed by atoms with Crippen molar-refractivity contribution in [3.8, 4) is 0 Å². The summed E-state index contributed by atoms with van der Waals surface area (Å²) in [7, 11) is 0. The second kappa shape index (κ2) is 6.37. The molecule has 0 aliphatic carbocycles. The molecule has 1 aromatic carbocycles. The van der Waals surface area contributed by atoms with Crippen LogP contribution in [0.15, 0.2) is 24.3 Å². The topological polar surface area (TPSA) is 23.5 Å². The van der Waals surface area contributed by atoms with Gasteiger partial charge in [0.25, 0.3) is 0 Å². The predicted octanol–water partition coefficient (Wildman–Crippen LogP) is 3.18. The van der Waals surface area contributed by atoms with Gasteiger partial charge >= 0.3 is 6.18 Å². The van der Waals surface area contributed by atoms with E-state index in [1.54, 1.807) is 11.8 Å². The van der Waals surface area contributed by atoms with Crippen LogP contribution in [0.4, 0.5) is 13.2 Å². The highest BCUT2D eigenvalue weighted by Gasteiger charge is 2.33. The molecule has 0 spiro atoms. The Morgan fingerprint density at radius 3 is 2.50 bits per heavy atom. The van der Waals surface area contributed by atoms with Crippen LogP contribution in [0.1, 0.15) is 23.6 Å². The fourth-order valence-corrected chi connectivity index (χ4v) is 2.99. The molecular formula is C14H18F3NOS. The maximum absolute atomic E-state index is 12.5. The molecule has 1 fully saturated rings. The largest absolute Gasteiger partial charge is 0.416 e. The summed E-state index contributed by atoms with van der Waals surface area (Å²) in [6, 6.07) is 5.30. The number of halogens is 3. The highest BCUT2D eigenvalue weighted by atomic mass is 32.2. The summed E-state index contributed by atoms with van der Waals surface area (Å²) >= 11 is 1.72. The zero-order chi connectivity index (χ0) is 14.8. The first kappa shape index (κ1) is 15.7. The van der Waals surface area contributed by atoms with Crippen LogP contribution in [0, 0.1) is 0 Å². The number of hydrogen-bond donors (Lipinski definition) is 1. The van der Waals surface area contributed by atoms with Gasteiger partial charge < -0.3 is 5.11 Å². The van der Waals surface area contributed by atoms with Crippen molar-refractivity contribution in [3.63, 3.8) is 0 Å². The second-order valence-electron chi connectivity index (χ2n) is 5.01. The molecule has 1 aliphatic rings. The van der Waals surface area contributed by atoms with Crippen molar-refractivity contribution in [1.82, 2.24) is 4.90 Å². The summed E-state index contributed by atoms with van der Waals surface area (Å²) in [4.78, 5) is 2.14. The number of alkyl halides is 3. The van der Waals surface area contributed by atoms with Crippen LogP contribution in [0.2, 0.25) is 0 Å². The summed E-state index contributed by atoms with van der Waals surface area (Å²) in [6.07, 6.45) is -2.10. The Bertz CT molecular complexity index is 435. The number of rotatable bonds is 4. The van der Waals surface area contributed by atoms with E-state index in [1.807, 2.05) is 6.26 Å². The molecule has 1 saturated heterocycles. The van der Waals surface area contributed by atoms with Gasteiger partial charge in [0.15, 0.2) is 0 Å². The molecule has 2 nitrogen and oxygen atoms in total. The fraction of sp³-hybridized carbons (Fsp3) is 0.571. The van der Waals surface area contributed by atoms with E-state index in [0.717, 1.165) is 30.0 Å². The molecule has 0 bridgehead atoms. The summed E-state index contributed by atoms with van der Waals surface area (Å²) in [6.45, 7) is 1.43. The van der Waals surface area contributed by atoms with Gasteiger partial charge in [-0.3, -0.25) is 4.90 Å². The van der Waals surface area contributed by atoms with Crippen LogP contribution in [0.3, 0.4) is 0 Å². The van der Waals surface area contributed by atoms with E-state index in [9.17, 15) is 18.3 Å². The molecule has 20 heavy (non-hydrogen) atoms. The van der Waals surface area contributed by atoms with Crippen LogP contribution in [-0.2, 0) is 6.18 Å². The van der Waals surface area contributed by atoms with Gasteiger partial charge in [-0.25, -0.2) is 0 Å². The molecule has 1 N–H and O–H groups in total. The highest BCUT2D eigenvalue weighted by Crippen LogP contribution is 2.34. The van der Waals surface area contributed by atoms with Gasteiger partial charge in [-0.15, -0.1) is 0 Å². The number of β-amino-alcohol motifs (C(OH)–C–C–N with tert-alkyl or cyclic N) is 1. The predicted molar refractivity (Wildman–Crippen MR) is 74.8 cm³/mol. The summed E-state index contributed by atoms with van der Waals surface area (Å²) in [5.74, 6) is 0.948. The molecular weight excluding hydrogens is 287 g/mol. The first-order valence-corrected chi connectivity index (χ1v) is 7.89. The van der Waals surface area contributed by atoms with Crippen molar-refractivity contribution in [1.29, 1.82) is 0 Å². The zero-order valence-electron chi connectivity index (χ0n) is 11.2. The highest BCUT2D eigenvalue weighted by molar-refractivity contribution is 7.98. The Morgan fingerprint density at radius 2 is 1.95 bits per heavy atom. The Morgan fingerprint density at radius 1 is 1.30 bits per heavy atom. The van der Waals surface area contributed by atoms with Crippen LogP contribution in [-0.4, -0.2) is 41.2 Å². The Balaban J connectivity index is 2.13. The van der Waals surface area contributed by atoms with Crippen LogP contribution >= 0.6 is 11.8 Å². The summed E-state index contributed by atoms with van der Waals surface area (Å²) in [5, 5.41) is 9.79. The van der Waals surface area contributed by atoms with Crippen molar-refractivity contribution < 1.29 is 18.3 Å². The number of thioether (sulfide) groups is 1. The monoisotopic (exact) mass is 305 g/mol. The van der Waals surface area contributed by atoms with Gasteiger partial charge in [-0.2, -0.15) is 24.9 Å². The third-order valence-electron chi connectivity index (χ3n) is 3.59. The fourth-order valence-electron chi connectivity index (χ4n) is 2.58. The van der Waals surface area contributed by atoms with Crippen LogP contribution in [0.5, 0.6) is 0 Å². The quantitative estimate of drug-likeness (QED) is 0.924. The van der Waals surface area contributed by atoms with Crippen molar-refractivity contribution in [3.05, 3.63) is 35.4 Å². The third kappa shape index (κ3) is 3.68. The molecule has 0 unspecified atom stereocenters. The minimum Gasteiger partial charge on any atom is -0.392 e. The van der Waals surface area contributed by atoms with Crippen molar-refractivity contribution in [2.75, 3.05) is 25.1 Å². The van der Waals surface area contributed by atoms with E-state index < -0.39 is 17.8 Å². The minimum atomic E-state index is -4.30. The molecule has 0 radical (unpaired) electrons. The number of hydrogen-bond acceptors (Lipinski definition) is 3. The van der Waals surface area contributed by atoms with E-state index >= 15 is 0 Å². The first-order chi connectivity index (χ1) is 9.41. The van der Waals surface area contributed by atoms with E-state index in [2.05, 4.69) is 4.90 Å². The van der Waals surface area contributed by atoms with Gasteiger partial charge in [-0.1, -0.05) is 12.1 Å². The lowest BCUT2D eigenvalue weighted by molar-refractivity contribution is -0.137. The van der Waals surface area contributed by atoms with Gasteiger partial charge in [0, 0.05) is 24.9 Å². The molecule has 1 aliphatic heterocycles. The lowest BCUT2D eigenvalue weighted by Gasteiger charge is -2.24. The summed E-state index contributed by atoms with van der Waals surface area (Å²) in [5.41, 5.74) is 0.214. The van der Waals surface area contributed by atoms with Crippen LogP contribution < -0.4 is 0 Å². The average molecular weight is 305 g/mol. The van der Waals surface area contributed by atoms with Crippen molar-refractivity contribution in [2.24, 2.45) is 0 Å². The Kier molecular flexibility index (Phi) is 4.99. The number of aliphatic hydroxyl groups is 1. The summed E-state index contributed by atoms with van der Waals surface area (Å²) < 4.78 is 37.6. The normalized spacial score (nSPS) is 24.2. The third-order valence-corrected chi connectivity index (χ3v) is 4.18. The molecule has 6 heteroatoms. The van der Waals surface area contributed by atoms with E-state index in [-0.39, 0.29) is 6.04 Å². The number of likely N-dealkylation sites (tertiary alicyclic amines) is 1. The minimum absolute atomic E-state index is 0.0134.